The summed E-state index contributed by atoms with van der Waals surface area (Å²) in [6, 6.07) is 17.7. The largest absolute Gasteiger partial charge is 0.588 e. The number of phosphoric ester groups is 1. The summed E-state index contributed by atoms with van der Waals surface area (Å²) in [6.45, 7) is 29.7. The zero-order valence-corrected chi connectivity index (χ0v) is 58.2. The first-order valence-corrected chi connectivity index (χ1v) is 44.2. The van der Waals surface area contributed by atoms with Gasteiger partial charge in [0.1, 0.15) is 36.5 Å². The van der Waals surface area contributed by atoms with E-state index in [1.807, 2.05) is 12.1 Å². The van der Waals surface area contributed by atoms with Crippen LogP contribution in [0.25, 0.3) is 0 Å². The van der Waals surface area contributed by atoms with Gasteiger partial charge in [0.05, 0.1) is 31.7 Å². The standard InChI is InChI=1S/C65H118NO13PSi3/c1-14-16-18-20-22-24-25-27-28-30-34-40-54(67)50-60(69)76-63-61(66-59(68)51-57(73-53-71-46-48-81(6,7)8)45-35-31-29-26-23-21-19-17-15-2)64(72-47-49-82(9,10)11)75-58(52-74-83(12,13)65(3,4)5)62(63)79-80(70,77-55-41-36-32-37-42-55)78-56-43-38-33-39-44-56/h32-33,36-39,41-44,54,57-58,61-64,67H,14-31,34-35,40,45-53H2,1-13H3,(H,66,68)/t54?,57?,58-,61-,62-,63-,64-/m1/s1. The van der Waals surface area contributed by atoms with Crippen LogP contribution in [-0.4, -0.2) is 111 Å². The van der Waals surface area contributed by atoms with Crippen molar-refractivity contribution in [2.24, 2.45) is 0 Å². The number of rotatable bonds is 47. The lowest BCUT2D eigenvalue weighted by molar-refractivity contribution is -0.269. The van der Waals surface area contributed by atoms with Gasteiger partial charge in [0, 0.05) is 29.4 Å². The van der Waals surface area contributed by atoms with Gasteiger partial charge in [0.15, 0.2) is 20.7 Å². The molecule has 1 amide bonds. The van der Waals surface area contributed by atoms with Crippen molar-refractivity contribution in [3.05, 3.63) is 60.7 Å². The summed E-state index contributed by atoms with van der Waals surface area (Å²) in [7, 11) is -10.3. The van der Waals surface area contributed by atoms with Crippen molar-refractivity contribution in [2.45, 2.75) is 301 Å². The molecule has 2 unspecified atom stereocenters. The van der Waals surface area contributed by atoms with E-state index in [4.69, 9.17) is 41.7 Å². The topological polar surface area (TPSA) is 167 Å². The molecule has 1 saturated heterocycles. The van der Waals surface area contributed by atoms with Gasteiger partial charge in [-0.25, -0.2) is 4.57 Å². The van der Waals surface area contributed by atoms with Gasteiger partial charge in [-0.3, -0.25) is 14.1 Å². The van der Waals surface area contributed by atoms with Crippen LogP contribution in [0.3, 0.4) is 0 Å². The Balaban J connectivity index is 2.10. The maximum atomic E-state index is 15.6. The van der Waals surface area contributed by atoms with E-state index >= 15 is 4.57 Å². The van der Waals surface area contributed by atoms with Crippen LogP contribution in [-0.2, 0) is 46.8 Å². The highest BCUT2D eigenvalue weighted by atomic mass is 31.2. The van der Waals surface area contributed by atoms with Crippen molar-refractivity contribution in [1.82, 2.24) is 5.32 Å². The molecule has 1 aliphatic rings. The fourth-order valence-electron chi connectivity index (χ4n) is 9.52. The van der Waals surface area contributed by atoms with Gasteiger partial charge < -0.3 is 47.6 Å². The van der Waals surface area contributed by atoms with Crippen LogP contribution >= 0.6 is 7.82 Å². The molecule has 2 aromatic rings. The number of carbonyl (C=O) groups excluding carboxylic acids is 2. The summed E-state index contributed by atoms with van der Waals surface area (Å²) in [4.78, 5) is 29.5. The van der Waals surface area contributed by atoms with Gasteiger partial charge >= 0.3 is 13.8 Å². The summed E-state index contributed by atoms with van der Waals surface area (Å²) in [6.07, 6.45) is 17.4. The number of unbranched alkanes of at least 4 members (excludes halogenated alkanes) is 18. The third-order valence-electron chi connectivity index (χ3n) is 15.9. The van der Waals surface area contributed by atoms with Crippen molar-refractivity contribution in [3.8, 4) is 11.5 Å². The van der Waals surface area contributed by atoms with E-state index in [1.165, 1.54) is 83.5 Å². The minimum absolute atomic E-state index is 0.0268. The Morgan fingerprint density at radius 2 is 1.11 bits per heavy atom. The van der Waals surface area contributed by atoms with Gasteiger partial charge in [-0.15, -0.1) is 0 Å². The Kier molecular flexibility index (Phi) is 36.2. The van der Waals surface area contributed by atoms with Crippen LogP contribution in [0.15, 0.2) is 60.7 Å². The first-order chi connectivity index (χ1) is 39.3. The predicted molar refractivity (Wildman–Crippen MR) is 346 cm³/mol. The molecule has 7 atom stereocenters. The van der Waals surface area contributed by atoms with Gasteiger partial charge in [0.2, 0.25) is 5.91 Å². The zero-order valence-electron chi connectivity index (χ0n) is 54.3. The molecule has 2 aromatic carbocycles. The number of benzene rings is 2. The highest BCUT2D eigenvalue weighted by Gasteiger charge is 2.55. The number of amides is 1. The molecule has 3 rings (SSSR count). The Hall–Kier alpha value is -2.42. The van der Waals surface area contributed by atoms with Crippen LogP contribution in [0, 0.1) is 0 Å². The number of phosphoric acid groups is 1. The normalized spacial score (nSPS) is 18.8. The van der Waals surface area contributed by atoms with E-state index in [-0.39, 0.29) is 49.4 Å². The minimum atomic E-state index is -4.76. The molecular formula is C65H118NO13PSi3. The number of aliphatic hydroxyl groups is 1. The molecule has 0 aliphatic carbocycles. The lowest BCUT2D eigenvalue weighted by Gasteiger charge is -2.47. The molecule has 18 heteroatoms. The third-order valence-corrected chi connectivity index (χ3v) is 25.2. The Labute approximate surface area is 507 Å². The lowest BCUT2D eigenvalue weighted by Crippen LogP contribution is -2.67. The van der Waals surface area contributed by atoms with Crippen molar-refractivity contribution in [2.75, 3.05) is 26.6 Å². The molecular weight excluding hydrogens is 1120 g/mol. The highest BCUT2D eigenvalue weighted by Crippen LogP contribution is 2.53. The van der Waals surface area contributed by atoms with Crippen LogP contribution < -0.4 is 14.4 Å². The second-order valence-electron chi connectivity index (χ2n) is 27.3. The minimum Gasteiger partial charge on any atom is -0.457 e. The average molecular weight is 1240 g/mol. The monoisotopic (exact) mass is 1240 g/mol. The molecule has 2 N–H and O–H groups in total. The molecule has 0 aromatic heterocycles. The Morgan fingerprint density at radius 1 is 0.639 bits per heavy atom. The first kappa shape index (κ1) is 74.8. The average Bonchev–Trinajstić information content (AvgIpc) is 3.61. The molecule has 0 bridgehead atoms. The number of hydrogen-bond donors (Lipinski definition) is 2. The van der Waals surface area contributed by atoms with Crippen molar-refractivity contribution < 1.29 is 60.9 Å². The number of aliphatic hydroxyl groups excluding tert-OH is 1. The SMILES string of the molecule is CCCCCCCCCCCCCC(O)CC(=O)O[C@@H]1[C@@H](NC(=O)CC(CCCCCCCCCCC)OCOCC[Si](C)(C)C)[C@H](OCC[Si](C)(C)C)O[C@H](CO[Si](C)(C)C(C)(C)C)[C@H]1OP(=O)(Oc1ccccc1)Oc1ccccc1. The number of esters is 1. The number of hydrogen-bond acceptors (Lipinski definition) is 13. The van der Waals surface area contributed by atoms with E-state index < -0.39 is 87.0 Å². The maximum Gasteiger partial charge on any atom is 0.588 e. The molecule has 0 saturated carbocycles. The zero-order chi connectivity index (χ0) is 61.2. The third kappa shape index (κ3) is 33.5. The van der Waals surface area contributed by atoms with Crippen molar-refractivity contribution in [1.29, 1.82) is 0 Å². The van der Waals surface area contributed by atoms with E-state index in [9.17, 15) is 14.7 Å². The fourth-order valence-corrected chi connectivity index (χ4v) is 13.5. The lowest BCUT2D eigenvalue weighted by atomic mass is 9.96. The van der Waals surface area contributed by atoms with Crippen molar-refractivity contribution >= 4 is 44.2 Å². The number of para-hydroxylation sites is 2. The molecule has 14 nitrogen and oxygen atoms in total. The predicted octanol–water partition coefficient (Wildman–Crippen LogP) is 17.6. The van der Waals surface area contributed by atoms with E-state index in [0.717, 1.165) is 57.0 Å². The smallest absolute Gasteiger partial charge is 0.457 e. The number of nitrogens with one attached hydrogen (secondary N) is 1. The summed E-state index contributed by atoms with van der Waals surface area (Å²) in [5, 5.41) is 14.5. The summed E-state index contributed by atoms with van der Waals surface area (Å²) >= 11 is 0. The second kappa shape index (κ2) is 40.2. The molecule has 478 valence electrons. The molecule has 0 spiro atoms. The van der Waals surface area contributed by atoms with E-state index in [0.29, 0.717) is 19.4 Å². The molecule has 1 heterocycles. The van der Waals surface area contributed by atoms with Crippen LogP contribution in [0.1, 0.15) is 189 Å². The Bertz CT molecular complexity index is 2010. The highest BCUT2D eigenvalue weighted by molar-refractivity contribution is 7.49. The van der Waals surface area contributed by atoms with Crippen molar-refractivity contribution in [3.63, 3.8) is 0 Å². The first-order valence-electron chi connectivity index (χ1n) is 32.4. The second-order valence-corrected chi connectivity index (χ2v) is 44.8. The molecule has 83 heavy (non-hydrogen) atoms. The molecule has 0 radical (unpaired) electrons. The van der Waals surface area contributed by atoms with Crippen LogP contribution in [0.2, 0.25) is 69.5 Å². The van der Waals surface area contributed by atoms with E-state index in [1.54, 1.807) is 48.5 Å². The van der Waals surface area contributed by atoms with Gasteiger partial charge in [0.25, 0.3) is 0 Å². The molecule has 1 fully saturated rings. The van der Waals surface area contributed by atoms with Gasteiger partial charge in [-0.1, -0.05) is 239 Å². The summed E-state index contributed by atoms with van der Waals surface area (Å²) in [5.74, 6) is -0.708. The quantitative estimate of drug-likeness (QED) is 0.0211. The summed E-state index contributed by atoms with van der Waals surface area (Å²) in [5.41, 5.74) is 0. The van der Waals surface area contributed by atoms with Gasteiger partial charge in [-0.2, -0.15) is 0 Å². The number of carbonyl (C=O) groups is 2. The van der Waals surface area contributed by atoms with Crippen LogP contribution in [0.4, 0.5) is 0 Å². The fraction of sp³-hybridized carbons (Fsp3) is 0.785. The Morgan fingerprint density at radius 3 is 1.59 bits per heavy atom. The van der Waals surface area contributed by atoms with E-state index in [2.05, 4.69) is 92.3 Å². The molecule has 1 aliphatic heterocycles. The van der Waals surface area contributed by atoms with Crippen LogP contribution in [0.5, 0.6) is 11.5 Å². The number of ether oxygens (including phenoxy) is 5. The van der Waals surface area contributed by atoms with Gasteiger partial charge in [-0.05, 0) is 67.3 Å². The maximum absolute atomic E-state index is 15.6. The summed E-state index contributed by atoms with van der Waals surface area (Å²) < 4.78 is 74.5.